The van der Waals surface area contributed by atoms with Crippen LogP contribution in [0.25, 0.3) is 0 Å². The van der Waals surface area contributed by atoms with E-state index >= 15 is 0 Å². The van der Waals surface area contributed by atoms with Crippen molar-refractivity contribution < 1.29 is 13.5 Å². The van der Waals surface area contributed by atoms with E-state index < -0.39 is 10.0 Å². The Hall–Kier alpha value is -1.70. The molecule has 0 bridgehead atoms. The second-order valence-electron chi connectivity index (χ2n) is 4.33. The average Bonchev–Trinajstić information content (AvgIpc) is 2.97. The van der Waals surface area contributed by atoms with E-state index in [-0.39, 0.29) is 11.5 Å². The Morgan fingerprint density at radius 3 is 2.85 bits per heavy atom. The molecule has 7 heteroatoms. The van der Waals surface area contributed by atoms with Crippen LogP contribution in [0.5, 0.6) is 0 Å². The van der Waals surface area contributed by atoms with Gasteiger partial charge in [0.25, 0.3) is 0 Å². The fraction of sp³-hybridized carbons (Fsp3) is 0.308. The summed E-state index contributed by atoms with van der Waals surface area (Å²) in [6.07, 6.45) is 4.17. The van der Waals surface area contributed by atoms with Gasteiger partial charge in [-0.2, -0.15) is 5.10 Å². The monoisotopic (exact) mass is 295 g/mol. The zero-order valence-corrected chi connectivity index (χ0v) is 11.8. The fourth-order valence-electron chi connectivity index (χ4n) is 1.77. The highest BCUT2D eigenvalue weighted by atomic mass is 32.2. The van der Waals surface area contributed by atoms with Gasteiger partial charge in [0.1, 0.15) is 0 Å². The van der Waals surface area contributed by atoms with Crippen LogP contribution in [0.1, 0.15) is 12.0 Å². The Bertz CT molecular complexity index is 639. The number of aliphatic hydroxyl groups excluding tert-OH is 1. The first-order valence-electron chi connectivity index (χ1n) is 6.29. The molecule has 0 amide bonds. The van der Waals surface area contributed by atoms with Gasteiger partial charge in [-0.25, -0.2) is 13.1 Å². The Morgan fingerprint density at radius 2 is 2.15 bits per heavy atom. The third-order valence-electron chi connectivity index (χ3n) is 2.81. The van der Waals surface area contributed by atoms with E-state index in [1.807, 2.05) is 12.3 Å². The number of hydrogen-bond donors (Lipinski definition) is 2. The molecule has 2 rings (SSSR count). The van der Waals surface area contributed by atoms with Gasteiger partial charge in [0.05, 0.1) is 11.5 Å². The van der Waals surface area contributed by atoms with Gasteiger partial charge in [0.2, 0.25) is 10.0 Å². The number of aromatic nitrogens is 2. The molecule has 108 valence electrons. The summed E-state index contributed by atoms with van der Waals surface area (Å²) in [6.45, 7) is 0.820. The molecule has 0 aliphatic heterocycles. The summed E-state index contributed by atoms with van der Waals surface area (Å²) < 4.78 is 28.4. The van der Waals surface area contributed by atoms with Crippen LogP contribution in [0.15, 0.2) is 47.6 Å². The topological polar surface area (TPSA) is 84.2 Å². The molecular weight excluding hydrogens is 278 g/mol. The third kappa shape index (κ3) is 3.89. The second-order valence-corrected chi connectivity index (χ2v) is 6.09. The number of nitrogens with one attached hydrogen (secondary N) is 1. The Labute approximate surface area is 118 Å². The largest absolute Gasteiger partial charge is 0.392 e. The summed E-state index contributed by atoms with van der Waals surface area (Å²) >= 11 is 0. The highest BCUT2D eigenvalue weighted by Gasteiger charge is 2.13. The molecule has 1 aromatic heterocycles. The zero-order valence-electron chi connectivity index (χ0n) is 10.9. The molecule has 1 heterocycles. The van der Waals surface area contributed by atoms with Crippen molar-refractivity contribution in [1.82, 2.24) is 14.5 Å². The van der Waals surface area contributed by atoms with Crippen molar-refractivity contribution in [3.8, 4) is 0 Å². The molecule has 0 atom stereocenters. The maximum absolute atomic E-state index is 12.0. The van der Waals surface area contributed by atoms with E-state index in [0.29, 0.717) is 25.1 Å². The van der Waals surface area contributed by atoms with Crippen LogP contribution in [-0.4, -0.2) is 29.8 Å². The van der Waals surface area contributed by atoms with E-state index in [2.05, 4.69) is 9.82 Å². The van der Waals surface area contributed by atoms with Gasteiger partial charge < -0.3 is 5.11 Å². The van der Waals surface area contributed by atoms with Crippen LogP contribution >= 0.6 is 0 Å². The molecule has 0 spiro atoms. The Balaban J connectivity index is 1.90. The Kier molecular flexibility index (Phi) is 4.89. The highest BCUT2D eigenvalue weighted by Crippen LogP contribution is 2.11. The quantitative estimate of drug-likeness (QED) is 0.738. The normalized spacial score (nSPS) is 11.7. The second kappa shape index (κ2) is 6.65. The number of aliphatic hydroxyl groups is 1. The SMILES string of the molecule is O=S(=O)(NCCCn1cccn1)c1cccc(CO)c1. The summed E-state index contributed by atoms with van der Waals surface area (Å²) in [5.74, 6) is 0. The first-order valence-corrected chi connectivity index (χ1v) is 7.77. The van der Waals surface area contributed by atoms with E-state index in [9.17, 15) is 8.42 Å². The van der Waals surface area contributed by atoms with Gasteiger partial charge >= 0.3 is 0 Å². The summed E-state index contributed by atoms with van der Waals surface area (Å²) in [7, 11) is -3.52. The molecule has 2 N–H and O–H groups in total. The summed E-state index contributed by atoms with van der Waals surface area (Å²) in [6, 6.07) is 8.09. The third-order valence-corrected chi connectivity index (χ3v) is 4.27. The lowest BCUT2D eigenvalue weighted by molar-refractivity contribution is 0.281. The lowest BCUT2D eigenvalue weighted by atomic mass is 10.2. The fourth-order valence-corrected chi connectivity index (χ4v) is 2.92. The lowest BCUT2D eigenvalue weighted by Crippen LogP contribution is -2.25. The highest BCUT2D eigenvalue weighted by molar-refractivity contribution is 7.89. The molecule has 20 heavy (non-hydrogen) atoms. The van der Waals surface area contributed by atoms with Crippen LogP contribution in [0, 0.1) is 0 Å². The smallest absolute Gasteiger partial charge is 0.240 e. The molecule has 2 aromatic rings. The summed E-state index contributed by atoms with van der Waals surface area (Å²) in [5, 5.41) is 13.1. The zero-order chi connectivity index (χ0) is 14.4. The minimum absolute atomic E-state index is 0.170. The van der Waals surface area contributed by atoms with Crippen LogP contribution in [0.2, 0.25) is 0 Å². The number of sulfonamides is 1. The minimum Gasteiger partial charge on any atom is -0.392 e. The predicted octanol–water partition coefficient (Wildman–Crippen LogP) is 0.744. The maximum Gasteiger partial charge on any atom is 0.240 e. The number of hydrogen-bond acceptors (Lipinski definition) is 4. The summed E-state index contributed by atoms with van der Waals surface area (Å²) in [5.41, 5.74) is 0.574. The maximum atomic E-state index is 12.0. The standard InChI is InChI=1S/C13H17N3O3S/c17-11-12-4-1-5-13(10-12)20(18,19)15-7-3-9-16-8-2-6-14-16/h1-2,4-6,8,10,15,17H,3,7,9,11H2. The van der Waals surface area contributed by atoms with Crippen LogP contribution < -0.4 is 4.72 Å². The number of rotatable bonds is 7. The molecule has 0 saturated carbocycles. The van der Waals surface area contributed by atoms with E-state index in [0.717, 1.165) is 0 Å². The first-order chi connectivity index (χ1) is 9.62. The molecule has 0 unspecified atom stereocenters. The molecule has 6 nitrogen and oxygen atoms in total. The number of aryl methyl sites for hydroxylation is 1. The van der Waals surface area contributed by atoms with Gasteiger partial charge in [-0.05, 0) is 30.2 Å². The van der Waals surface area contributed by atoms with Crippen LogP contribution in [0.4, 0.5) is 0 Å². The van der Waals surface area contributed by atoms with Crippen molar-refractivity contribution in [1.29, 1.82) is 0 Å². The molecule has 0 aliphatic carbocycles. The van der Waals surface area contributed by atoms with Gasteiger partial charge in [-0.3, -0.25) is 4.68 Å². The van der Waals surface area contributed by atoms with Gasteiger partial charge in [0, 0.05) is 25.5 Å². The predicted molar refractivity (Wildman–Crippen MR) is 74.4 cm³/mol. The lowest BCUT2D eigenvalue weighted by Gasteiger charge is -2.08. The molecule has 1 aromatic carbocycles. The molecule has 0 aliphatic rings. The molecule has 0 radical (unpaired) electrons. The van der Waals surface area contributed by atoms with Crippen molar-refractivity contribution in [2.45, 2.75) is 24.5 Å². The van der Waals surface area contributed by atoms with E-state index in [1.54, 1.807) is 23.0 Å². The summed E-state index contributed by atoms with van der Waals surface area (Å²) in [4.78, 5) is 0.170. The van der Waals surface area contributed by atoms with Crippen molar-refractivity contribution in [2.24, 2.45) is 0 Å². The minimum atomic E-state index is -3.52. The van der Waals surface area contributed by atoms with E-state index in [4.69, 9.17) is 5.11 Å². The van der Waals surface area contributed by atoms with Gasteiger partial charge in [-0.15, -0.1) is 0 Å². The van der Waals surface area contributed by atoms with Gasteiger partial charge in [0.15, 0.2) is 0 Å². The van der Waals surface area contributed by atoms with Crippen molar-refractivity contribution in [3.63, 3.8) is 0 Å². The van der Waals surface area contributed by atoms with Crippen LogP contribution in [0.3, 0.4) is 0 Å². The first kappa shape index (κ1) is 14.7. The van der Waals surface area contributed by atoms with Gasteiger partial charge in [-0.1, -0.05) is 12.1 Å². The van der Waals surface area contributed by atoms with Crippen molar-refractivity contribution >= 4 is 10.0 Å². The number of benzene rings is 1. The van der Waals surface area contributed by atoms with Crippen molar-refractivity contribution in [2.75, 3.05) is 6.54 Å². The molecule has 0 saturated heterocycles. The molecule has 0 fully saturated rings. The molecular formula is C13H17N3O3S. The van der Waals surface area contributed by atoms with Crippen LogP contribution in [-0.2, 0) is 23.2 Å². The average molecular weight is 295 g/mol. The van der Waals surface area contributed by atoms with E-state index in [1.165, 1.54) is 12.1 Å². The van der Waals surface area contributed by atoms with Crippen molar-refractivity contribution in [3.05, 3.63) is 48.3 Å². The Morgan fingerprint density at radius 1 is 1.30 bits per heavy atom. The number of nitrogens with zero attached hydrogens (tertiary/aromatic N) is 2.